The molecule has 0 spiro atoms. The van der Waals surface area contributed by atoms with E-state index in [1.165, 1.54) is 57.8 Å². The molecule has 5 atom stereocenters. The van der Waals surface area contributed by atoms with Crippen molar-refractivity contribution in [1.82, 2.24) is 0 Å². The Hall–Kier alpha value is -0.220. The summed E-state index contributed by atoms with van der Waals surface area (Å²) in [6, 6.07) is 0. The van der Waals surface area contributed by atoms with E-state index in [0.29, 0.717) is 12.3 Å². The van der Waals surface area contributed by atoms with Gasteiger partial charge in [0.1, 0.15) is 11.5 Å². The summed E-state index contributed by atoms with van der Waals surface area (Å²) >= 11 is -0.619. The van der Waals surface area contributed by atoms with E-state index in [1.807, 2.05) is 0 Å². The summed E-state index contributed by atoms with van der Waals surface area (Å²) in [5.41, 5.74) is 0. The van der Waals surface area contributed by atoms with Crippen LogP contribution in [0.3, 0.4) is 0 Å². The molecule has 26 heavy (non-hydrogen) atoms. The second-order valence-corrected chi connectivity index (χ2v) is 10.4. The van der Waals surface area contributed by atoms with E-state index < -0.39 is 17.1 Å². The van der Waals surface area contributed by atoms with Gasteiger partial charge in [0, 0.05) is 12.3 Å². The van der Waals surface area contributed by atoms with Crippen LogP contribution in [0.25, 0.3) is 0 Å². The van der Waals surface area contributed by atoms with Crippen LogP contribution in [-0.2, 0) is 16.0 Å². The van der Waals surface area contributed by atoms with Gasteiger partial charge in [-0.3, -0.25) is 4.79 Å². The van der Waals surface area contributed by atoms with Crippen molar-refractivity contribution in [2.24, 2.45) is 23.7 Å². The Kier molecular flexibility index (Phi) is 10.4. The molecule has 2 bridgehead atoms. The van der Waals surface area contributed by atoms with E-state index in [0.717, 1.165) is 54.9 Å². The molecule has 0 saturated heterocycles. The third-order valence-electron chi connectivity index (χ3n) is 6.81. The van der Waals surface area contributed by atoms with Crippen LogP contribution in [0.15, 0.2) is 0 Å². The fraction of sp³-hybridized carbons (Fsp3) is 0.955. The van der Waals surface area contributed by atoms with Crippen molar-refractivity contribution in [3.05, 3.63) is 0 Å². The number of rotatable bonds is 15. The van der Waals surface area contributed by atoms with Crippen LogP contribution in [0.1, 0.15) is 96.8 Å². The summed E-state index contributed by atoms with van der Waals surface area (Å²) in [4.78, 5) is 10.6. The number of aliphatic carboxylic acids is 1. The second-order valence-electron chi connectivity index (χ2n) is 8.73. The summed E-state index contributed by atoms with van der Waals surface area (Å²) in [5, 5.41) is 8.71. The molecule has 0 heterocycles. The molecule has 5 unspecified atom stereocenters. The molecule has 1 N–H and O–H groups in total. The van der Waals surface area contributed by atoms with Crippen LogP contribution in [0.5, 0.6) is 0 Å². The first-order valence-corrected chi connectivity index (χ1v) is 12.7. The zero-order valence-electron chi connectivity index (χ0n) is 16.8. The standard InChI is InChI=1S/C22H40O3S/c1-2-3-4-7-10-15-26(25)17-21-19-14-13-18(16-19)20(21)11-8-5-6-9-12-22(23)24/h18-21H,2-17H2,1H3,(H,23,24). The molecule has 0 radical (unpaired) electrons. The SMILES string of the molecule is CCCCCCC[S+]([O-])CC1C2CCC(C2)C1CCCCCCC(=O)O. The first-order valence-electron chi connectivity index (χ1n) is 11.2. The van der Waals surface area contributed by atoms with Crippen LogP contribution in [0.4, 0.5) is 0 Å². The van der Waals surface area contributed by atoms with Gasteiger partial charge in [0.25, 0.3) is 0 Å². The van der Waals surface area contributed by atoms with Gasteiger partial charge >= 0.3 is 5.97 Å². The topological polar surface area (TPSA) is 60.4 Å². The second kappa shape index (κ2) is 12.3. The first-order chi connectivity index (χ1) is 12.6. The van der Waals surface area contributed by atoms with Crippen LogP contribution in [-0.4, -0.2) is 27.1 Å². The molecular weight excluding hydrogens is 344 g/mol. The molecule has 3 nitrogen and oxygen atoms in total. The third-order valence-corrected chi connectivity index (χ3v) is 8.31. The lowest BCUT2D eigenvalue weighted by atomic mass is 9.77. The molecule has 2 saturated carbocycles. The first kappa shape index (κ1) is 22.1. The van der Waals surface area contributed by atoms with Gasteiger partial charge in [0.2, 0.25) is 0 Å². The quantitative estimate of drug-likeness (QED) is 0.287. The van der Waals surface area contributed by atoms with Crippen molar-refractivity contribution in [1.29, 1.82) is 0 Å². The highest BCUT2D eigenvalue weighted by atomic mass is 32.2. The van der Waals surface area contributed by atoms with Crippen LogP contribution >= 0.6 is 0 Å². The Morgan fingerprint density at radius 2 is 1.62 bits per heavy atom. The van der Waals surface area contributed by atoms with Gasteiger partial charge in [-0.15, -0.1) is 0 Å². The van der Waals surface area contributed by atoms with Gasteiger partial charge in [0.15, 0.2) is 0 Å². The lowest BCUT2D eigenvalue weighted by Gasteiger charge is -2.31. The molecule has 2 rings (SSSR count). The lowest BCUT2D eigenvalue weighted by Crippen LogP contribution is -2.30. The fourth-order valence-electron chi connectivity index (χ4n) is 5.41. The summed E-state index contributed by atoms with van der Waals surface area (Å²) in [6.45, 7) is 2.24. The van der Waals surface area contributed by atoms with Crippen molar-refractivity contribution in [2.45, 2.75) is 96.8 Å². The van der Waals surface area contributed by atoms with Crippen LogP contribution in [0.2, 0.25) is 0 Å². The minimum atomic E-state index is -0.671. The van der Waals surface area contributed by atoms with Gasteiger partial charge < -0.3 is 9.66 Å². The van der Waals surface area contributed by atoms with E-state index in [4.69, 9.17) is 5.11 Å². The molecule has 0 aromatic heterocycles. The van der Waals surface area contributed by atoms with E-state index in [2.05, 4.69) is 6.92 Å². The molecule has 0 aromatic rings. The van der Waals surface area contributed by atoms with Gasteiger partial charge in [-0.25, -0.2) is 0 Å². The Bertz CT molecular complexity index is 401. The Labute approximate surface area is 163 Å². The van der Waals surface area contributed by atoms with Crippen molar-refractivity contribution in [3.8, 4) is 0 Å². The fourth-order valence-corrected chi connectivity index (χ4v) is 7.05. The van der Waals surface area contributed by atoms with E-state index in [-0.39, 0.29) is 0 Å². The molecule has 2 aliphatic carbocycles. The van der Waals surface area contributed by atoms with Gasteiger partial charge in [-0.1, -0.05) is 56.6 Å². The maximum Gasteiger partial charge on any atom is 0.303 e. The summed E-state index contributed by atoms with van der Waals surface area (Å²) in [5.74, 6) is 4.46. The molecule has 2 fully saturated rings. The number of hydrogen-bond donors (Lipinski definition) is 1. The number of fused-ring (bicyclic) bond motifs is 2. The van der Waals surface area contributed by atoms with E-state index >= 15 is 0 Å². The zero-order chi connectivity index (χ0) is 18.8. The van der Waals surface area contributed by atoms with Gasteiger partial charge in [0.05, 0.1) is 0 Å². The summed E-state index contributed by atoms with van der Waals surface area (Å²) in [6.07, 6.45) is 16.3. The summed E-state index contributed by atoms with van der Waals surface area (Å²) < 4.78 is 12.6. The maximum atomic E-state index is 12.6. The number of unbranched alkanes of at least 4 members (excludes halogenated alkanes) is 7. The predicted octanol–water partition coefficient (Wildman–Crippen LogP) is 5.79. The molecule has 0 amide bonds. The van der Waals surface area contributed by atoms with Crippen LogP contribution < -0.4 is 0 Å². The summed E-state index contributed by atoms with van der Waals surface area (Å²) in [7, 11) is 0. The molecule has 152 valence electrons. The zero-order valence-corrected chi connectivity index (χ0v) is 17.6. The smallest absolute Gasteiger partial charge is 0.303 e. The molecule has 0 aliphatic heterocycles. The number of hydrogen-bond acceptors (Lipinski definition) is 2. The van der Waals surface area contributed by atoms with E-state index in [9.17, 15) is 9.35 Å². The minimum Gasteiger partial charge on any atom is -0.616 e. The van der Waals surface area contributed by atoms with E-state index in [1.54, 1.807) is 0 Å². The average Bonchev–Trinajstić information content (AvgIpc) is 3.20. The van der Waals surface area contributed by atoms with Crippen molar-refractivity contribution in [3.63, 3.8) is 0 Å². The molecular formula is C22H40O3S. The largest absolute Gasteiger partial charge is 0.616 e. The minimum absolute atomic E-state index is 0.313. The molecule has 0 aromatic carbocycles. The normalized spacial score (nSPS) is 28.5. The highest BCUT2D eigenvalue weighted by Gasteiger charge is 2.48. The van der Waals surface area contributed by atoms with Crippen molar-refractivity contribution >= 4 is 17.1 Å². The maximum absolute atomic E-state index is 12.6. The van der Waals surface area contributed by atoms with Crippen LogP contribution in [0, 0.1) is 23.7 Å². The Morgan fingerprint density at radius 3 is 2.35 bits per heavy atom. The number of carboxylic acid groups (broad SMARTS) is 1. The third kappa shape index (κ3) is 7.42. The number of carboxylic acids is 1. The Balaban J connectivity index is 1.64. The predicted molar refractivity (Wildman–Crippen MR) is 110 cm³/mol. The Morgan fingerprint density at radius 1 is 0.962 bits per heavy atom. The molecule has 2 aliphatic rings. The van der Waals surface area contributed by atoms with Gasteiger partial charge in [-0.2, -0.15) is 0 Å². The monoisotopic (exact) mass is 384 g/mol. The lowest BCUT2D eigenvalue weighted by molar-refractivity contribution is -0.137. The van der Waals surface area contributed by atoms with Crippen molar-refractivity contribution < 1.29 is 14.5 Å². The highest BCUT2D eigenvalue weighted by molar-refractivity contribution is 7.91. The number of carbonyl (C=O) groups is 1. The average molecular weight is 385 g/mol. The van der Waals surface area contributed by atoms with Crippen molar-refractivity contribution in [2.75, 3.05) is 11.5 Å². The van der Waals surface area contributed by atoms with Gasteiger partial charge in [-0.05, 0) is 62.7 Å². The highest BCUT2D eigenvalue weighted by Crippen LogP contribution is 2.54. The molecule has 4 heteroatoms.